The minimum atomic E-state index is -4.76. The van der Waals surface area contributed by atoms with Crippen LogP contribution in [-0.2, 0) is 0 Å². The van der Waals surface area contributed by atoms with Crippen LogP contribution in [0, 0.1) is 0 Å². The SMILES string of the molecule is c1ccc(S2(c3ccc[nH]3)(c3ccco3)(c3cccs3)N=NC(c3conn3)=C2c2ccon2)cc1. The smallest absolute Gasteiger partial charge is 0.164 e. The van der Waals surface area contributed by atoms with Crippen LogP contribution in [0.4, 0.5) is 0 Å². The van der Waals surface area contributed by atoms with Gasteiger partial charge in [-0.25, -0.2) is 0 Å². The highest BCUT2D eigenvalue weighted by atomic mass is 32.4. The summed E-state index contributed by atoms with van der Waals surface area (Å²) in [5.74, 6) is 0. The van der Waals surface area contributed by atoms with Crippen LogP contribution < -0.4 is 0 Å². The summed E-state index contributed by atoms with van der Waals surface area (Å²) in [4.78, 5) is 5.09. The third kappa shape index (κ3) is 2.04. The molecule has 11 heteroatoms. The number of rotatable bonds is 6. The Hall–Kier alpha value is -4.48. The Morgan fingerprint density at radius 3 is 2.44 bits per heavy atom. The zero-order valence-corrected chi connectivity index (χ0v) is 20.2. The fourth-order valence-electron chi connectivity index (χ4n) is 5.36. The molecule has 6 aromatic rings. The minimum Gasteiger partial charge on any atom is -0.458 e. The molecular weight excluding hydrogens is 496 g/mol. The van der Waals surface area contributed by atoms with E-state index >= 15 is 0 Å². The summed E-state index contributed by atoms with van der Waals surface area (Å²) in [5, 5.41) is 20.7. The molecule has 1 aliphatic heterocycles. The molecule has 0 fully saturated rings. The molecule has 7 rings (SSSR count). The molecule has 1 N–H and O–H groups in total. The Kier molecular flexibility index (Phi) is 4.07. The summed E-state index contributed by atoms with van der Waals surface area (Å²) in [6, 6.07) is 23.8. The van der Waals surface area contributed by atoms with Crippen LogP contribution in [0.3, 0.4) is 0 Å². The van der Waals surface area contributed by atoms with Crippen LogP contribution in [0.15, 0.2) is 145 Å². The topological polar surface area (TPSA) is 119 Å². The van der Waals surface area contributed by atoms with Crippen molar-refractivity contribution < 1.29 is 13.5 Å². The number of hydrogen-bond acceptors (Lipinski definition) is 9. The lowest BCUT2D eigenvalue weighted by atomic mass is 10.3. The number of thiophene rings is 1. The molecule has 1 aromatic carbocycles. The third-order valence-electron chi connectivity index (χ3n) is 6.74. The van der Waals surface area contributed by atoms with E-state index in [0.717, 1.165) is 14.1 Å². The largest absolute Gasteiger partial charge is 0.458 e. The summed E-state index contributed by atoms with van der Waals surface area (Å²) in [6.45, 7) is 0. The molecule has 0 saturated carbocycles. The molecule has 1 aliphatic rings. The number of nitrogens with zero attached hydrogens (tertiary/aromatic N) is 5. The van der Waals surface area contributed by atoms with Gasteiger partial charge in [-0.3, -0.25) is 0 Å². The lowest BCUT2D eigenvalue weighted by Gasteiger charge is -2.70. The van der Waals surface area contributed by atoms with Crippen molar-refractivity contribution in [1.29, 1.82) is 0 Å². The molecule has 5 aromatic heterocycles. The monoisotopic (exact) mass is 514 g/mol. The van der Waals surface area contributed by atoms with Crippen molar-refractivity contribution in [3.63, 3.8) is 0 Å². The van der Waals surface area contributed by atoms with Gasteiger partial charge in [0.2, 0.25) is 0 Å². The predicted molar refractivity (Wildman–Crippen MR) is 133 cm³/mol. The molecule has 0 radical (unpaired) electrons. The zero-order valence-electron chi connectivity index (χ0n) is 18.6. The van der Waals surface area contributed by atoms with Crippen molar-refractivity contribution in [1.82, 2.24) is 20.5 Å². The molecular formula is C25H18N6O3S2. The lowest BCUT2D eigenvalue weighted by molar-refractivity contribution is 0.393. The molecule has 0 bridgehead atoms. The Morgan fingerprint density at radius 2 is 1.78 bits per heavy atom. The molecule has 0 saturated heterocycles. The van der Waals surface area contributed by atoms with Crippen molar-refractivity contribution in [2.45, 2.75) is 19.2 Å². The molecule has 6 heterocycles. The van der Waals surface area contributed by atoms with Gasteiger partial charge in [-0.1, -0.05) is 29.4 Å². The van der Waals surface area contributed by atoms with E-state index in [-0.39, 0.29) is 0 Å². The number of furan rings is 1. The van der Waals surface area contributed by atoms with E-state index in [1.165, 1.54) is 12.5 Å². The maximum Gasteiger partial charge on any atom is 0.164 e. The average molecular weight is 515 g/mol. The highest BCUT2D eigenvalue weighted by molar-refractivity contribution is 8.70. The van der Waals surface area contributed by atoms with E-state index < -0.39 is 8.48 Å². The fourth-order valence-corrected chi connectivity index (χ4v) is 14.9. The van der Waals surface area contributed by atoms with Gasteiger partial charge < -0.3 is 18.4 Å². The summed E-state index contributed by atoms with van der Waals surface area (Å²) >= 11 is 1.58. The Morgan fingerprint density at radius 1 is 0.833 bits per heavy atom. The maximum absolute atomic E-state index is 6.46. The molecule has 0 atom stereocenters. The second-order valence-corrected chi connectivity index (χ2v) is 14.7. The Balaban J connectivity index is 1.90. The molecule has 178 valence electrons. The summed E-state index contributed by atoms with van der Waals surface area (Å²) < 4.78 is 23.4. The highest BCUT2D eigenvalue weighted by Gasteiger charge is 2.77. The van der Waals surface area contributed by atoms with Gasteiger partial charge in [0.15, 0.2) is 17.0 Å². The van der Waals surface area contributed by atoms with Crippen LogP contribution >= 0.6 is 19.8 Å². The lowest BCUT2D eigenvalue weighted by Crippen LogP contribution is -2.35. The Labute approximate surface area is 207 Å². The number of H-pyrrole nitrogens is 1. The van der Waals surface area contributed by atoms with Crippen molar-refractivity contribution >= 4 is 30.4 Å². The number of hydrogen-bond donors (Lipinski definition) is 1. The first-order valence-electron chi connectivity index (χ1n) is 11.0. The van der Waals surface area contributed by atoms with Crippen molar-refractivity contribution in [3.8, 4) is 0 Å². The van der Waals surface area contributed by atoms with Crippen LogP contribution in [-0.4, -0.2) is 20.5 Å². The van der Waals surface area contributed by atoms with Crippen LogP contribution in [0.1, 0.15) is 11.4 Å². The molecule has 0 aliphatic carbocycles. The third-order valence-corrected chi connectivity index (χ3v) is 15.9. The van der Waals surface area contributed by atoms with Crippen LogP contribution in [0.25, 0.3) is 10.6 Å². The zero-order chi connectivity index (χ0) is 24.1. The van der Waals surface area contributed by atoms with Crippen molar-refractivity contribution in [3.05, 3.63) is 115 Å². The van der Waals surface area contributed by atoms with Gasteiger partial charge in [0.05, 0.1) is 20.4 Å². The molecule has 0 unspecified atom stereocenters. The molecule has 0 spiro atoms. The van der Waals surface area contributed by atoms with E-state index in [2.05, 4.69) is 38.7 Å². The average Bonchev–Trinajstić information content (AvgIpc) is 3.76. The van der Waals surface area contributed by atoms with Gasteiger partial charge in [-0.2, -0.15) is 0 Å². The first-order chi connectivity index (χ1) is 17.8. The van der Waals surface area contributed by atoms with Crippen LogP contribution in [0.5, 0.6) is 0 Å². The number of aromatic nitrogens is 4. The van der Waals surface area contributed by atoms with Gasteiger partial charge in [0, 0.05) is 22.4 Å². The van der Waals surface area contributed by atoms with Crippen molar-refractivity contribution in [2.75, 3.05) is 0 Å². The quantitative estimate of drug-likeness (QED) is 0.248. The van der Waals surface area contributed by atoms with Gasteiger partial charge in [0.1, 0.15) is 17.7 Å². The minimum absolute atomic E-state index is 0.421. The van der Waals surface area contributed by atoms with Gasteiger partial charge in [-0.05, 0) is 56.3 Å². The molecule has 0 amide bonds. The second kappa shape index (κ2) is 7.03. The van der Waals surface area contributed by atoms with E-state index in [4.69, 9.17) is 23.1 Å². The van der Waals surface area contributed by atoms with Gasteiger partial charge >= 0.3 is 0 Å². The van der Waals surface area contributed by atoms with Gasteiger partial charge in [0.25, 0.3) is 0 Å². The number of nitrogens with one attached hydrogen (secondary N) is 1. The number of aromatic amines is 1. The van der Waals surface area contributed by atoms with E-state index in [1.54, 1.807) is 17.6 Å². The highest BCUT2D eigenvalue weighted by Crippen LogP contribution is 3.14. The first kappa shape index (κ1) is 20.9. The molecule has 36 heavy (non-hydrogen) atoms. The first-order valence-corrected chi connectivity index (χ1v) is 14.3. The van der Waals surface area contributed by atoms with Crippen LogP contribution in [0.2, 0.25) is 0 Å². The molecule has 9 nitrogen and oxygen atoms in total. The standard InChI is InChI=1S/C25H18N6O3S2/c1-2-7-18(8-3-1)36(21-9-4-13-26-21,22-10-5-14-32-22,23-11-6-16-35-23)25(19-12-15-33-29-19)24(28-31-36)20-17-34-30-27-20/h1-17,26H. The number of benzene rings is 1. The second-order valence-electron chi connectivity index (χ2n) is 8.22. The van der Waals surface area contributed by atoms with Gasteiger partial charge in [-0.15, -0.1) is 26.1 Å². The van der Waals surface area contributed by atoms with Crippen molar-refractivity contribution in [2.24, 2.45) is 9.63 Å². The van der Waals surface area contributed by atoms with E-state index in [0.29, 0.717) is 27.1 Å². The fraction of sp³-hybridized carbons (Fsp3) is 0. The normalized spacial score (nSPS) is 19.4. The summed E-state index contributed by atoms with van der Waals surface area (Å²) in [6.07, 6.45) is 6.53. The summed E-state index contributed by atoms with van der Waals surface area (Å²) in [7, 11) is -4.76. The van der Waals surface area contributed by atoms with E-state index in [1.807, 2.05) is 66.2 Å². The Bertz CT molecular complexity index is 1610. The summed E-state index contributed by atoms with van der Waals surface area (Å²) in [5.41, 5.74) is 1.43. The van der Waals surface area contributed by atoms with E-state index in [9.17, 15) is 0 Å². The maximum atomic E-state index is 6.46. The predicted octanol–water partition coefficient (Wildman–Crippen LogP) is 7.36.